The zero-order chi connectivity index (χ0) is 14.5. The fraction of sp³-hybridized carbons (Fsp3) is 0.857. The monoisotopic (exact) mass is 283 g/mol. The summed E-state index contributed by atoms with van der Waals surface area (Å²) in [4.78, 5) is 29.4. The van der Waals surface area contributed by atoms with E-state index >= 15 is 0 Å². The highest BCUT2D eigenvalue weighted by molar-refractivity contribution is 5.75. The molecular formula is C14H25N3O3. The van der Waals surface area contributed by atoms with E-state index in [2.05, 4.69) is 11.9 Å². The Kier molecular flexibility index (Phi) is 5.23. The highest BCUT2D eigenvalue weighted by atomic mass is 16.4. The van der Waals surface area contributed by atoms with E-state index in [0.717, 1.165) is 52.0 Å². The van der Waals surface area contributed by atoms with Gasteiger partial charge in [-0.05, 0) is 32.7 Å². The number of carbonyl (C=O) groups excluding carboxylic acids is 1. The van der Waals surface area contributed by atoms with Crippen molar-refractivity contribution >= 4 is 12.0 Å². The lowest BCUT2D eigenvalue weighted by Crippen LogP contribution is -2.55. The van der Waals surface area contributed by atoms with Gasteiger partial charge < -0.3 is 19.8 Å². The molecule has 1 atom stereocenters. The molecule has 1 N–H and O–H groups in total. The van der Waals surface area contributed by atoms with E-state index in [-0.39, 0.29) is 18.5 Å². The minimum absolute atomic E-state index is 0.104. The molecule has 0 bridgehead atoms. The van der Waals surface area contributed by atoms with Crippen LogP contribution in [0.25, 0.3) is 0 Å². The van der Waals surface area contributed by atoms with Crippen LogP contribution in [0.4, 0.5) is 4.79 Å². The highest BCUT2D eigenvalue weighted by Crippen LogP contribution is 2.22. The van der Waals surface area contributed by atoms with Crippen molar-refractivity contribution in [1.29, 1.82) is 0 Å². The van der Waals surface area contributed by atoms with E-state index in [1.54, 1.807) is 0 Å². The average Bonchev–Trinajstić information content (AvgIpc) is 2.45. The highest BCUT2D eigenvalue weighted by Gasteiger charge is 2.31. The van der Waals surface area contributed by atoms with E-state index in [1.807, 2.05) is 9.80 Å². The van der Waals surface area contributed by atoms with Gasteiger partial charge in [0.2, 0.25) is 0 Å². The molecule has 0 radical (unpaired) electrons. The summed E-state index contributed by atoms with van der Waals surface area (Å²) in [6.45, 7) is 4.16. The quantitative estimate of drug-likeness (QED) is 0.841. The van der Waals surface area contributed by atoms with Gasteiger partial charge in [0.25, 0.3) is 0 Å². The topological polar surface area (TPSA) is 64.1 Å². The normalized spacial score (nSPS) is 24.8. The molecule has 0 aromatic rings. The van der Waals surface area contributed by atoms with E-state index in [9.17, 15) is 9.59 Å². The zero-order valence-electron chi connectivity index (χ0n) is 12.3. The first-order valence-electron chi connectivity index (χ1n) is 7.54. The molecule has 2 rings (SSSR count). The number of amides is 2. The van der Waals surface area contributed by atoms with Gasteiger partial charge in [0.1, 0.15) is 0 Å². The number of piperidine rings is 1. The van der Waals surface area contributed by atoms with Crippen LogP contribution in [0.15, 0.2) is 0 Å². The largest absolute Gasteiger partial charge is 0.481 e. The lowest BCUT2D eigenvalue weighted by molar-refractivity contribution is -0.137. The summed E-state index contributed by atoms with van der Waals surface area (Å²) in [6.07, 6.45) is 3.79. The lowest BCUT2D eigenvalue weighted by Gasteiger charge is -2.41. The van der Waals surface area contributed by atoms with Crippen molar-refractivity contribution in [2.24, 2.45) is 0 Å². The van der Waals surface area contributed by atoms with E-state index in [4.69, 9.17) is 5.11 Å². The first kappa shape index (κ1) is 15.1. The van der Waals surface area contributed by atoms with Crippen molar-refractivity contribution in [2.75, 3.05) is 39.8 Å². The van der Waals surface area contributed by atoms with E-state index in [0.29, 0.717) is 6.42 Å². The molecule has 2 heterocycles. The first-order valence-corrected chi connectivity index (χ1v) is 7.54. The summed E-state index contributed by atoms with van der Waals surface area (Å²) in [5, 5.41) is 8.83. The molecule has 2 saturated heterocycles. The van der Waals surface area contributed by atoms with Gasteiger partial charge in [-0.25, -0.2) is 4.79 Å². The van der Waals surface area contributed by atoms with Gasteiger partial charge in [-0.1, -0.05) is 0 Å². The average molecular weight is 283 g/mol. The Hall–Kier alpha value is -1.30. The molecule has 2 fully saturated rings. The predicted molar refractivity (Wildman–Crippen MR) is 75.7 cm³/mol. The number of carboxylic acid groups (broad SMARTS) is 1. The molecule has 0 aliphatic carbocycles. The van der Waals surface area contributed by atoms with Gasteiger partial charge in [0.05, 0.1) is 0 Å². The summed E-state index contributed by atoms with van der Waals surface area (Å²) in [5.41, 5.74) is 0. The number of carbonyl (C=O) groups is 2. The van der Waals surface area contributed by atoms with Gasteiger partial charge in [0, 0.05) is 45.2 Å². The van der Waals surface area contributed by atoms with Gasteiger partial charge in [0.15, 0.2) is 0 Å². The van der Waals surface area contributed by atoms with Gasteiger partial charge in [-0.15, -0.1) is 0 Å². The SMILES string of the molecule is CN1CCN(C(=O)N2CCCCC2CCC(=O)O)CC1. The Bertz CT molecular complexity index is 354. The second kappa shape index (κ2) is 6.92. The van der Waals surface area contributed by atoms with Crippen LogP contribution in [0.3, 0.4) is 0 Å². The molecule has 20 heavy (non-hydrogen) atoms. The lowest BCUT2D eigenvalue weighted by atomic mass is 9.98. The molecule has 0 aromatic heterocycles. The summed E-state index contributed by atoms with van der Waals surface area (Å²) >= 11 is 0. The molecule has 2 aliphatic heterocycles. The fourth-order valence-corrected chi connectivity index (χ4v) is 3.02. The molecule has 1 unspecified atom stereocenters. The van der Waals surface area contributed by atoms with Crippen LogP contribution in [-0.2, 0) is 4.79 Å². The van der Waals surface area contributed by atoms with Crippen molar-refractivity contribution in [2.45, 2.75) is 38.1 Å². The number of piperazine rings is 1. The molecule has 114 valence electrons. The minimum atomic E-state index is -0.775. The maximum atomic E-state index is 12.6. The summed E-state index contributed by atoms with van der Waals surface area (Å²) < 4.78 is 0. The van der Waals surface area contributed by atoms with Gasteiger partial charge in [-0.2, -0.15) is 0 Å². The predicted octanol–water partition coefficient (Wildman–Crippen LogP) is 1.07. The second-order valence-electron chi connectivity index (χ2n) is 5.85. The van der Waals surface area contributed by atoms with Crippen molar-refractivity contribution in [1.82, 2.24) is 14.7 Å². The number of aliphatic carboxylic acids is 1. The number of hydrogen-bond acceptors (Lipinski definition) is 3. The van der Waals surface area contributed by atoms with Crippen LogP contribution in [0.2, 0.25) is 0 Å². The number of likely N-dealkylation sites (tertiary alicyclic amines) is 1. The molecule has 0 saturated carbocycles. The van der Waals surface area contributed by atoms with Crippen LogP contribution < -0.4 is 0 Å². The smallest absolute Gasteiger partial charge is 0.320 e. The summed E-state index contributed by atoms with van der Waals surface area (Å²) in [7, 11) is 2.07. The Balaban J connectivity index is 1.92. The van der Waals surface area contributed by atoms with Crippen molar-refractivity contribution < 1.29 is 14.7 Å². The van der Waals surface area contributed by atoms with Crippen molar-refractivity contribution in [3.05, 3.63) is 0 Å². The van der Waals surface area contributed by atoms with Crippen LogP contribution in [0.1, 0.15) is 32.1 Å². The van der Waals surface area contributed by atoms with Crippen LogP contribution >= 0.6 is 0 Å². The number of urea groups is 1. The fourth-order valence-electron chi connectivity index (χ4n) is 3.02. The molecule has 2 aliphatic rings. The van der Waals surface area contributed by atoms with Gasteiger partial charge >= 0.3 is 12.0 Å². The van der Waals surface area contributed by atoms with Gasteiger partial charge in [-0.3, -0.25) is 4.79 Å². The number of rotatable bonds is 3. The maximum absolute atomic E-state index is 12.6. The summed E-state index contributed by atoms with van der Waals surface area (Å²) in [6, 6.07) is 0.209. The third-order valence-electron chi connectivity index (χ3n) is 4.34. The van der Waals surface area contributed by atoms with E-state index < -0.39 is 5.97 Å². The second-order valence-corrected chi connectivity index (χ2v) is 5.85. The minimum Gasteiger partial charge on any atom is -0.481 e. The zero-order valence-corrected chi connectivity index (χ0v) is 12.3. The molecule has 0 aromatic carbocycles. The molecule has 0 spiro atoms. The number of likely N-dealkylation sites (N-methyl/N-ethyl adjacent to an activating group) is 1. The Labute approximate surface area is 120 Å². The van der Waals surface area contributed by atoms with E-state index in [1.165, 1.54) is 0 Å². The standard InChI is InChI=1S/C14H25N3O3/c1-15-8-10-16(11-9-15)14(20)17-7-3-2-4-12(17)5-6-13(18)19/h12H,2-11H2,1H3,(H,18,19). The molecular weight excluding hydrogens is 258 g/mol. The molecule has 6 nitrogen and oxygen atoms in total. The van der Waals surface area contributed by atoms with Crippen molar-refractivity contribution in [3.8, 4) is 0 Å². The Morgan fingerprint density at radius 1 is 1.10 bits per heavy atom. The molecule has 2 amide bonds. The summed E-state index contributed by atoms with van der Waals surface area (Å²) in [5.74, 6) is -0.775. The van der Waals surface area contributed by atoms with Crippen LogP contribution in [-0.4, -0.2) is 77.6 Å². The number of hydrogen-bond donors (Lipinski definition) is 1. The number of nitrogens with zero attached hydrogens (tertiary/aromatic N) is 3. The number of carboxylic acids is 1. The third kappa shape index (κ3) is 3.85. The third-order valence-corrected chi connectivity index (χ3v) is 4.34. The Morgan fingerprint density at radius 2 is 1.80 bits per heavy atom. The Morgan fingerprint density at radius 3 is 2.45 bits per heavy atom. The maximum Gasteiger partial charge on any atom is 0.320 e. The van der Waals surface area contributed by atoms with Crippen LogP contribution in [0, 0.1) is 0 Å². The first-order chi connectivity index (χ1) is 9.58. The molecule has 6 heteroatoms. The van der Waals surface area contributed by atoms with Crippen molar-refractivity contribution in [3.63, 3.8) is 0 Å². The van der Waals surface area contributed by atoms with Crippen LogP contribution in [0.5, 0.6) is 0 Å².